The number of carbonyl (C=O) groups excluding carboxylic acids is 1. The molecule has 0 saturated carbocycles. The highest BCUT2D eigenvalue weighted by atomic mass is 127. The maximum Gasteiger partial charge on any atom is 0.276 e. The number of carbonyl (C=O) groups is 1. The van der Waals surface area contributed by atoms with Crippen LogP contribution in [0.15, 0.2) is 35.1 Å². The molecule has 0 spiro atoms. The molecule has 3 aromatic rings. The van der Waals surface area contributed by atoms with Crippen LogP contribution in [0.5, 0.6) is 0 Å². The first-order chi connectivity index (χ1) is 11.4. The van der Waals surface area contributed by atoms with Crippen molar-refractivity contribution in [2.24, 2.45) is 0 Å². The number of hydrogen-bond acceptors (Lipinski definition) is 3. The van der Waals surface area contributed by atoms with Crippen molar-refractivity contribution in [3.63, 3.8) is 0 Å². The van der Waals surface area contributed by atoms with E-state index in [2.05, 4.69) is 36.5 Å². The number of nitrogens with one attached hydrogen (secondary N) is 2. The smallest absolute Gasteiger partial charge is 0.276 e. The second-order valence-electron chi connectivity index (χ2n) is 4.81. The molecule has 2 heterocycles. The van der Waals surface area contributed by atoms with Crippen LogP contribution in [0.3, 0.4) is 0 Å². The number of amides is 1. The molecule has 2 aromatic heterocycles. The molecule has 2 N–H and O–H groups in total. The molecule has 0 unspecified atom stereocenters. The van der Waals surface area contributed by atoms with Gasteiger partial charge >= 0.3 is 0 Å². The summed E-state index contributed by atoms with van der Waals surface area (Å²) in [6, 6.07) is 5.29. The van der Waals surface area contributed by atoms with Crippen LogP contribution in [0.25, 0.3) is 0 Å². The summed E-state index contributed by atoms with van der Waals surface area (Å²) in [6.07, 6.45) is 3.34. The maximum atomic E-state index is 12.2. The number of anilines is 1. The van der Waals surface area contributed by atoms with Gasteiger partial charge in [-0.15, -0.1) is 0 Å². The monoisotopic (exact) mass is 539 g/mol. The number of hydrogen-bond donors (Lipinski definition) is 2. The van der Waals surface area contributed by atoms with E-state index in [1.165, 1.54) is 0 Å². The van der Waals surface area contributed by atoms with Gasteiger partial charge in [-0.3, -0.25) is 14.6 Å². The van der Waals surface area contributed by atoms with Crippen molar-refractivity contribution in [1.29, 1.82) is 0 Å². The molecule has 0 aliphatic carbocycles. The molecule has 10 heteroatoms. The average Bonchev–Trinajstić information content (AvgIpc) is 3.08. The fourth-order valence-electron chi connectivity index (χ4n) is 1.99. The maximum absolute atomic E-state index is 12.2. The van der Waals surface area contributed by atoms with Crippen molar-refractivity contribution in [1.82, 2.24) is 20.0 Å². The number of aromatic nitrogens is 4. The molecule has 3 rings (SSSR count). The molecule has 24 heavy (non-hydrogen) atoms. The zero-order chi connectivity index (χ0) is 17.3. The van der Waals surface area contributed by atoms with Gasteiger partial charge in [0.25, 0.3) is 5.91 Å². The van der Waals surface area contributed by atoms with E-state index in [1.54, 1.807) is 29.2 Å². The van der Waals surface area contributed by atoms with Gasteiger partial charge < -0.3 is 5.32 Å². The standard InChI is InChI=1S/C14H9BrCl2IN5O/c15-9-6-23(5-7-1-2-8(16)3-10(7)17)22-13(9)20-14(24)12-11(18)4-19-21-12/h1-4,6H,5H2,(H,19,21)(H,20,22,24). The predicted octanol–water partition coefficient (Wildman–Crippen LogP) is 4.58. The van der Waals surface area contributed by atoms with Crippen LogP contribution >= 0.6 is 61.7 Å². The van der Waals surface area contributed by atoms with Gasteiger partial charge in [0.05, 0.1) is 20.8 Å². The van der Waals surface area contributed by atoms with Gasteiger partial charge in [-0.2, -0.15) is 10.2 Å². The van der Waals surface area contributed by atoms with Crippen molar-refractivity contribution < 1.29 is 4.79 Å². The topological polar surface area (TPSA) is 75.6 Å². The Hall–Kier alpha value is -1.10. The Morgan fingerprint density at radius 2 is 2.21 bits per heavy atom. The largest absolute Gasteiger partial charge is 0.303 e. The van der Waals surface area contributed by atoms with Gasteiger partial charge in [-0.25, -0.2) is 0 Å². The summed E-state index contributed by atoms with van der Waals surface area (Å²) in [5.41, 5.74) is 1.26. The van der Waals surface area contributed by atoms with Gasteiger partial charge in [0.1, 0.15) is 5.69 Å². The van der Waals surface area contributed by atoms with Gasteiger partial charge in [-0.1, -0.05) is 29.3 Å². The Morgan fingerprint density at radius 3 is 2.88 bits per heavy atom. The van der Waals surface area contributed by atoms with Crippen molar-refractivity contribution in [3.05, 3.63) is 59.9 Å². The first kappa shape index (κ1) is 17.7. The molecule has 0 atom stereocenters. The molecular weight excluding hydrogens is 532 g/mol. The number of aromatic amines is 1. The van der Waals surface area contributed by atoms with Crippen molar-refractivity contribution in [2.75, 3.05) is 5.32 Å². The van der Waals surface area contributed by atoms with E-state index in [9.17, 15) is 4.79 Å². The lowest BCUT2D eigenvalue weighted by molar-refractivity contribution is 0.102. The number of rotatable bonds is 4. The van der Waals surface area contributed by atoms with E-state index >= 15 is 0 Å². The molecule has 0 aliphatic heterocycles. The predicted molar refractivity (Wildman–Crippen MR) is 105 cm³/mol. The van der Waals surface area contributed by atoms with E-state index in [0.717, 1.165) is 9.13 Å². The lowest BCUT2D eigenvalue weighted by atomic mass is 10.2. The number of halogens is 4. The van der Waals surface area contributed by atoms with Crippen LogP contribution in [-0.2, 0) is 6.54 Å². The summed E-state index contributed by atoms with van der Waals surface area (Å²) in [5, 5.41) is 14.7. The molecule has 0 saturated heterocycles. The Balaban J connectivity index is 1.78. The van der Waals surface area contributed by atoms with Crippen LogP contribution in [0.1, 0.15) is 16.1 Å². The third kappa shape index (κ3) is 3.93. The summed E-state index contributed by atoms with van der Waals surface area (Å²) in [5.74, 6) is 0.0999. The average molecular weight is 541 g/mol. The molecule has 0 fully saturated rings. The summed E-state index contributed by atoms with van der Waals surface area (Å²) < 4.78 is 3.07. The number of H-pyrrole nitrogens is 1. The number of benzene rings is 1. The Kier molecular flexibility index (Phi) is 5.48. The molecule has 1 aromatic carbocycles. The van der Waals surface area contributed by atoms with Crippen LogP contribution in [0.2, 0.25) is 10.0 Å². The minimum atomic E-state index is -0.313. The summed E-state index contributed by atoms with van der Waals surface area (Å²) in [6.45, 7) is 0.450. The molecule has 124 valence electrons. The summed E-state index contributed by atoms with van der Waals surface area (Å²) >= 11 is 17.5. The van der Waals surface area contributed by atoms with Gasteiger partial charge in [0.2, 0.25) is 0 Å². The van der Waals surface area contributed by atoms with Crippen LogP contribution < -0.4 is 5.32 Å². The van der Waals surface area contributed by atoms with Gasteiger partial charge in [-0.05, 0) is 56.2 Å². The van der Waals surface area contributed by atoms with Gasteiger partial charge in [0.15, 0.2) is 5.82 Å². The SMILES string of the molecule is O=C(Nc1nn(Cc2ccc(Cl)cc2Cl)cc1Br)c1[nH]ncc1I. The minimum absolute atomic E-state index is 0.313. The normalized spacial score (nSPS) is 10.8. The van der Waals surface area contributed by atoms with Crippen molar-refractivity contribution in [2.45, 2.75) is 6.54 Å². The van der Waals surface area contributed by atoms with Crippen LogP contribution in [-0.4, -0.2) is 25.9 Å². The number of nitrogens with zero attached hydrogens (tertiary/aromatic N) is 3. The lowest BCUT2D eigenvalue weighted by Crippen LogP contribution is -2.15. The highest BCUT2D eigenvalue weighted by molar-refractivity contribution is 14.1. The lowest BCUT2D eigenvalue weighted by Gasteiger charge is -2.05. The summed E-state index contributed by atoms with van der Waals surface area (Å²) in [7, 11) is 0. The molecule has 0 aliphatic rings. The Morgan fingerprint density at radius 1 is 1.42 bits per heavy atom. The first-order valence-electron chi connectivity index (χ1n) is 6.61. The Bertz CT molecular complexity index is 910. The minimum Gasteiger partial charge on any atom is -0.303 e. The molecule has 0 radical (unpaired) electrons. The summed E-state index contributed by atoms with van der Waals surface area (Å²) in [4.78, 5) is 12.2. The molecule has 1 amide bonds. The van der Waals surface area contributed by atoms with E-state index in [1.807, 2.05) is 28.7 Å². The quantitative estimate of drug-likeness (QED) is 0.476. The van der Waals surface area contributed by atoms with E-state index in [4.69, 9.17) is 23.2 Å². The third-order valence-electron chi connectivity index (χ3n) is 3.12. The molecular formula is C14H9BrCl2IN5O. The highest BCUT2D eigenvalue weighted by Crippen LogP contribution is 2.25. The van der Waals surface area contributed by atoms with Gasteiger partial charge in [0, 0.05) is 16.2 Å². The third-order valence-corrected chi connectivity index (χ3v) is 5.10. The van der Waals surface area contributed by atoms with E-state index in [0.29, 0.717) is 32.6 Å². The fraction of sp³-hybridized carbons (Fsp3) is 0.0714. The second kappa shape index (κ2) is 7.42. The van der Waals surface area contributed by atoms with Crippen molar-refractivity contribution in [3.8, 4) is 0 Å². The zero-order valence-electron chi connectivity index (χ0n) is 11.9. The molecule has 6 nitrogen and oxygen atoms in total. The fourth-order valence-corrected chi connectivity index (χ4v) is 3.38. The van der Waals surface area contributed by atoms with E-state index in [-0.39, 0.29) is 5.91 Å². The van der Waals surface area contributed by atoms with E-state index < -0.39 is 0 Å². The van der Waals surface area contributed by atoms with Crippen LogP contribution in [0, 0.1) is 3.57 Å². The van der Waals surface area contributed by atoms with Crippen LogP contribution in [0.4, 0.5) is 5.82 Å². The Labute approximate surface area is 169 Å². The first-order valence-corrected chi connectivity index (χ1v) is 9.24. The zero-order valence-corrected chi connectivity index (χ0v) is 17.1. The second-order valence-corrected chi connectivity index (χ2v) is 7.67. The van der Waals surface area contributed by atoms with Crippen molar-refractivity contribution >= 4 is 73.4 Å². The molecule has 0 bridgehead atoms. The highest BCUT2D eigenvalue weighted by Gasteiger charge is 2.16.